The molecule has 0 atom stereocenters. The van der Waals surface area contributed by atoms with E-state index in [-0.39, 0.29) is 31.1 Å². The second kappa shape index (κ2) is 6.63. The molecule has 1 aromatic carbocycles. The number of sulfonamides is 1. The van der Waals surface area contributed by atoms with Gasteiger partial charge >= 0.3 is 0 Å². The predicted molar refractivity (Wildman–Crippen MR) is 84.5 cm³/mol. The zero-order valence-corrected chi connectivity index (χ0v) is 13.9. The van der Waals surface area contributed by atoms with E-state index in [9.17, 15) is 23.3 Å². The Bertz CT molecular complexity index is 724. The Morgan fingerprint density at radius 2 is 1.87 bits per heavy atom. The van der Waals surface area contributed by atoms with Crippen LogP contribution in [0.25, 0.3) is 0 Å². The van der Waals surface area contributed by atoms with E-state index in [0.29, 0.717) is 24.2 Å². The van der Waals surface area contributed by atoms with Crippen LogP contribution in [-0.4, -0.2) is 60.9 Å². The van der Waals surface area contributed by atoms with Crippen molar-refractivity contribution in [1.29, 1.82) is 0 Å². The van der Waals surface area contributed by atoms with Gasteiger partial charge in [-0.1, -0.05) is 12.1 Å². The monoisotopic (exact) mass is 341 g/mol. The molecule has 0 bridgehead atoms. The summed E-state index contributed by atoms with van der Waals surface area (Å²) >= 11 is 0. The van der Waals surface area contributed by atoms with Gasteiger partial charge in [0.05, 0.1) is 17.6 Å². The molecule has 1 aliphatic heterocycles. The minimum atomic E-state index is -3.24. The molecule has 1 aromatic rings. The molecule has 1 aliphatic rings. The Labute approximate surface area is 134 Å². The number of carbonyl (C=O) groups is 1. The number of carbonyl (C=O) groups excluding carboxylic acids is 1. The second-order valence-corrected chi connectivity index (χ2v) is 7.52. The van der Waals surface area contributed by atoms with Crippen molar-refractivity contribution in [3.05, 3.63) is 39.4 Å². The summed E-state index contributed by atoms with van der Waals surface area (Å²) in [7, 11) is -3.24. The quantitative estimate of drug-likeness (QED) is 0.588. The summed E-state index contributed by atoms with van der Waals surface area (Å²) < 4.78 is 24.3. The molecule has 0 aliphatic carbocycles. The average molecular weight is 341 g/mol. The highest BCUT2D eigenvalue weighted by molar-refractivity contribution is 7.88. The number of amides is 1. The lowest BCUT2D eigenvalue weighted by Crippen LogP contribution is -2.50. The van der Waals surface area contributed by atoms with Gasteiger partial charge in [0.2, 0.25) is 15.9 Å². The fourth-order valence-corrected chi connectivity index (χ4v) is 3.43. The summed E-state index contributed by atoms with van der Waals surface area (Å²) in [5, 5.41) is 10.9. The smallest absolute Gasteiger partial charge is 0.272 e. The van der Waals surface area contributed by atoms with Crippen LogP contribution in [0.15, 0.2) is 18.2 Å². The third kappa shape index (κ3) is 4.05. The number of nitrogens with zero attached hydrogens (tertiary/aromatic N) is 3. The molecule has 1 heterocycles. The van der Waals surface area contributed by atoms with Gasteiger partial charge in [-0.05, 0) is 12.5 Å². The zero-order valence-electron chi connectivity index (χ0n) is 13.1. The van der Waals surface area contributed by atoms with Gasteiger partial charge in [0.15, 0.2) is 0 Å². The number of nitro benzene ring substituents is 1. The molecule has 0 aromatic heterocycles. The van der Waals surface area contributed by atoms with Gasteiger partial charge < -0.3 is 4.90 Å². The fraction of sp³-hybridized carbons (Fsp3) is 0.500. The Balaban J connectivity index is 2.04. The molecule has 0 saturated carbocycles. The van der Waals surface area contributed by atoms with Crippen molar-refractivity contribution in [1.82, 2.24) is 9.21 Å². The van der Waals surface area contributed by atoms with E-state index in [4.69, 9.17) is 0 Å². The van der Waals surface area contributed by atoms with E-state index in [2.05, 4.69) is 0 Å². The number of piperazine rings is 1. The first-order chi connectivity index (χ1) is 10.7. The summed E-state index contributed by atoms with van der Waals surface area (Å²) in [5.74, 6) is -0.151. The number of nitro groups is 1. The first-order valence-electron chi connectivity index (χ1n) is 7.16. The highest BCUT2D eigenvalue weighted by atomic mass is 32.2. The molecule has 8 nitrogen and oxygen atoms in total. The van der Waals surface area contributed by atoms with Gasteiger partial charge in [-0.15, -0.1) is 0 Å². The summed E-state index contributed by atoms with van der Waals surface area (Å²) in [6.45, 7) is 2.85. The lowest BCUT2D eigenvalue weighted by Gasteiger charge is -2.33. The molecule has 1 amide bonds. The van der Waals surface area contributed by atoms with Crippen molar-refractivity contribution < 1.29 is 18.1 Å². The molecule has 23 heavy (non-hydrogen) atoms. The van der Waals surface area contributed by atoms with Gasteiger partial charge in [-0.25, -0.2) is 8.42 Å². The van der Waals surface area contributed by atoms with Gasteiger partial charge in [0.25, 0.3) is 5.69 Å². The molecule has 0 radical (unpaired) electrons. The van der Waals surface area contributed by atoms with E-state index in [0.717, 1.165) is 6.26 Å². The second-order valence-electron chi connectivity index (χ2n) is 5.54. The Morgan fingerprint density at radius 3 is 2.39 bits per heavy atom. The van der Waals surface area contributed by atoms with Crippen LogP contribution >= 0.6 is 0 Å². The Hall–Kier alpha value is -2.00. The van der Waals surface area contributed by atoms with Gasteiger partial charge in [-0.2, -0.15) is 4.31 Å². The minimum absolute atomic E-state index is 0.00260. The maximum Gasteiger partial charge on any atom is 0.272 e. The van der Waals surface area contributed by atoms with Crippen molar-refractivity contribution in [3.8, 4) is 0 Å². The van der Waals surface area contributed by atoms with Crippen LogP contribution in [0.3, 0.4) is 0 Å². The van der Waals surface area contributed by atoms with Crippen LogP contribution in [0.2, 0.25) is 0 Å². The molecular formula is C14H19N3O5S. The summed E-state index contributed by atoms with van der Waals surface area (Å²) in [4.78, 5) is 24.4. The van der Waals surface area contributed by atoms with E-state index < -0.39 is 14.9 Å². The molecular weight excluding hydrogens is 322 g/mol. The van der Waals surface area contributed by atoms with Crippen LogP contribution in [0.4, 0.5) is 5.69 Å². The topological polar surface area (TPSA) is 101 Å². The van der Waals surface area contributed by atoms with Crippen LogP contribution in [0, 0.1) is 17.0 Å². The van der Waals surface area contributed by atoms with Crippen LogP contribution in [0.1, 0.15) is 11.1 Å². The summed E-state index contributed by atoms with van der Waals surface area (Å²) in [6.07, 6.45) is 1.23. The largest absolute Gasteiger partial charge is 0.340 e. The molecule has 0 spiro atoms. The number of hydrogen-bond donors (Lipinski definition) is 0. The first kappa shape index (κ1) is 17.4. The van der Waals surface area contributed by atoms with Crippen LogP contribution in [-0.2, 0) is 21.2 Å². The van der Waals surface area contributed by atoms with E-state index in [1.165, 1.54) is 10.4 Å². The van der Waals surface area contributed by atoms with Crippen LogP contribution in [0.5, 0.6) is 0 Å². The van der Waals surface area contributed by atoms with Gasteiger partial charge in [0.1, 0.15) is 0 Å². The van der Waals surface area contributed by atoms with E-state index in [1.807, 2.05) is 0 Å². The molecule has 9 heteroatoms. The van der Waals surface area contributed by atoms with Crippen molar-refractivity contribution in [2.45, 2.75) is 13.3 Å². The average Bonchev–Trinajstić information content (AvgIpc) is 2.48. The van der Waals surface area contributed by atoms with Crippen molar-refractivity contribution in [2.24, 2.45) is 0 Å². The normalized spacial score (nSPS) is 16.3. The number of benzene rings is 1. The Kier molecular flexibility index (Phi) is 5.00. The Morgan fingerprint density at radius 1 is 1.26 bits per heavy atom. The van der Waals surface area contributed by atoms with Crippen molar-refractivity contribution in [3.63, 3.8) is 0 Å². The van der Waals surface area contributed by atoms with E-state index >= 15 is 0 Å². The highest BCUT2D eigenvalue weighted by Crippen LogP contribution is 2.22. The number of rotatable bonds is 4. The third-order valence-electron chi connectivity index (χ3n) is 4.02. The summed E-state index contributed by atoms with van der Waals surface area (Å²) in [5.41, 5.74) is 1.10. The maximum atomic E-state index is 12.3. The van der Waals surface area contributed by atoms with Gasteiger partial charge in [0, 0.05) is 37.8 Å². The van der Waals surface area contributed by atoms with Crippen molar-refractivity contribution >= 4 is 21.6 Å². The van der Waals surface area contributed by atoms with Crippen molar-refractivity contribution in [2.75, 3.05) is 32.4 Å². The third-order valence-corrected chi connectivity index (χ3v) is 5.32. The lowest BCUT2D eigenvalue weighted by atomic mass is 10.0. The zero-order chi connectivity index (χ0) is 17.2. The van der Waals surface area contributed by atoms with Crippen LogP contribution < -0.4 is 0 Å². The maximum absolute atomic E-state index is 12.3. The molecule has 0 unspecified atom stereocenters. The minimum Gasteiger partial charge on any atom is -0.340 e. The molecule has 1 saturated heterocycles. The fourth-order valence-electron chi connectivity index (χ4n) is 2.60. The number of hydrogen-bond acceptors (Lipinski definition) is 5. The molecule has 1 fully saturated rings. The first-order valence-corrected chi connectivity index (χ1v) is 9.00. The molecule has 0 N–H and O–H groups in total. The SMILES string of the molecule is Cc1c(CC(=O)N2CCN(S(C)(=O)=O)CC2)cccc1[N+](=O)[O-]. The summed E-state index contributed by atoms with van der Waals surface area (Å²) in [6, 6.07) is 4.68. The highest BCUT2D eigenvalue weighted by Gasteiger charge is 2.26. The van der Waals surface area contributed by atoms with Gasteiger partial charge in [-0.3, -0.25) is 14.9 Å². The standard InChI is InChI=1S/C14H19N3O5S/c1-11-12(4-3-5-13(11)17(19)20)10-14(18)15-6-8-16(9-7-15)23(2,21)22/h3-5H,6-10H2,1-2H3. The predicted octanol–water partition coefficient (Wildman–Crippen LogP) is 0.550. The lowest BCUT2D eigenvalue weighted by molar-refractivity contribution is -0.385. The van der Waals surface area contributed by atoms with E-state index in [1.54, 1.807) is 24.0 Å². The molecule has 2 rings (SSSR count). The molecule has 126 valence electrons.